The van der Waals surface area contributed by atoms with Crippen molar-refractivity contribution in [2.75, 3.05) is 25.0 Å². The highest BCUT2D eigenvalue weighted by atomic mass is 35.5. The van der Waals surface area contributed by atoms with Gasteiger partial charge in [0.25, 0.3) is 0 Å². The van der Waals surface area contributed by atoms with E-state index in [1.54, 1.807) is 6.07 Å². The summed E-state index contributed by atoms with van der Waals surface area (Å²) in [5.74, 6) is -0.0195. The second-order valence-electron chi connectivity index (χ2n) is 7.80. The molecule has 1 atom stereocenters. The van der Waals surface area contributed by atoms with Gasteiger partial charge in [-0.1, -0.05) is 32.0 Å². The summed E-state index contributed by atoms with van der Waals surface area (Å²) in [7, 11) is 0. The molecule has 32 heavy (non-hydrogen) atoms. The Balaban J connectivity index is 1.86. The van der Waals surface area contributed by atoms with Crippen LogP contribution < -0.4 is 5.32 Å². The van der Waals surface area contributed by atoms with E-state index in [1.165, 1.54) is 12.1 Å². The first-order chi connectivity index (χ1) is 15.3. The van der Waals surface area contributed by atoms with Gasteiger partial charge in [-0.05, 0) is 69.7 Å². The van der Waals surface area contributed by atoms with Gasteiger partial charge in [0.1, 0.15) is 10.7 Å². The first-order valence-corrected chi connectivity index (χ1v) is 11.2. The van der Waals surface area contributed by atoms with Gasteiger partial charge in [0.2, 0.25) is 0 Å². The van der Waals surface area contributed by atoms with Crippen molar-refractivity contribution in [2.24, 2.45) is 0 Å². The smallest absolute Gasteiger partial charge is 0.401 e. The minimum absolute atomic E-state index is 0.248. The maximum atomic E-state index is 11.0. The lowest BCUT2D eigenvalue weighted by atomic mass is 10.1. The van der Waals surface area contributed by atoms with Crippen LogP contribution in [0.2, 0.25) is 5.02 Å². The Morgan fingerprint density at radius 2 is 2.03 bits per heavy atom. The van der Waals surface area contributed by atoms with Crippen molar-refractivity contribution in [3.05, 3.63) is 69.6 Å². The van der Waals surface area contributed by atoms with Crippen LogP contribution in [0.15, 0.2) is 47.4 Å². The molecule has 1 N–H and O–H groups in total. The molecule has 2 aromatic heterocycles. The molecule has 0 fully saturated rings. The van der Waals surface area contributed by atoms with Crippen LogP contribution in [-0.4, -0.2) is 40.5 Å². The normalized spacial score (nSPS) is 12.3. The van der Waals surface area contributed by atoms with Crippen LogP contribution in [0.4, 0.5) is 11.6 Å². The highest BCUT2D eigenvalue weighted by molar-refractivity contribution is 6.31. The van der Waals surface area contributed by atoms with E-state index in [0.717, 1.165) is 49.1 Å². The van der Waals surface area contributed by atoms with Crippen molar-refractivity contribution in [1.29, 1.82) is 0 Å². The van der Waals surface area contributed by atoms with E-state index < -0.39 is 4.92 Å². The Hall–Kier alpha value is -2.90. The van der Waals surface area contributed by atoms with Gasteiger partial charge in [-0.2, -0.15) is 0 Å². The van der Waals surface area contributed by atoms with Crippen molar-refractivity contribution in [2.45, 2.75) is 39.7 Å². The van der Waals surface area contributed by atoms with E-state index in [0.29, 0.717) is 22.0 Å². The molecule has 0 spiro atoms. The van der Waals surface area contributed by atoms with Crippen LogP contribution in [0, 0.1) is 10.1 Å². The van der Waals surface area contributed by atoms with E-state index in [2.05, 4.69) is 42.6 Å². The van der Waals surface area contributed by atoms with E-state index in [-0.39, 0.29) is 11.9 Å². The zero-order valence-corrected chi connectivity index (χ0v) is 19.5. The molecule has 0 amide bonds. The van der Waals surface area contributed by atoms with Crippen molar-refractivity contribution >= 4 is 39.6 Å². The van der Waals surface area contributed by atoms with Gasteiger partial charge in [-0.25, -0.2) is 4.98 Å². The lowest BCUT2D eigenvalue weighted by molar-refractivity contribution is -0.402. The maximum Gasteiger partial charge on any atom is 0.433 e. The summed E-state index contributed by atoms with van der Waals surface area (Å²) < 4.78 is 5.33. The predicted octanol–water partition coefficient (Wildman–Crippen LogP) is 6.37. The number of furan rings is 1. The van der Waals surface area contributed by atoms with Crippen LogP contribution in [0.5, 0.6) is 0 Å². The van der Waals surface area contributed by atoms with Gasteiger partial charge in [0.15, 0.2) is 0 Å². The molecule has 0 radical (unpaired) electrons. The topological polar surface area (TPSA) is 84.4 Å². The summed E-state index contributed by atoms with van der Waals surface area (Å²) in [6, 6.07) is 10.6. The molecule has 0 saturated heterocycles. The number of hydrogen-bond donors (Lipinski definition) is 1. The van der Waals surface area contributed by atoms with Crippen LogP contribution in [-0.2, 0) is 0 Å². The third-order valence-corrected chi connectivity index (χ3v) is 5.79. The number of hydrogen-bond acceptors (Lipinski definition) is 6. The molecule has 8 heteroatoms. The molecule has 0 aliphatic rings. The predicted molar refractivity (Wildman–Crippen MR) is 130 cm³/mol. The average molecular weight is 457 g/mol. The number of nitrogens with one attached hydrogen (secondary N) is 1. The highest BCUT2D eigenvalue weighted by Crippen LogP contribution is 2.32. The number of rotatable bonds is 11. The van der Waals surface area contributed by atoms with E-state index >= 15 is 0 Å². The monoisotopic (exact) mass is 456 g/mol. The average Bonchev–Trinajstić information content (AvgIpc) is 3.26. The first kappa shape index (κ1) is 23.8. The number of nitrogens with zero attached hydrogens (tertiary/aromatic N) is 3. The molecule has 1 aromatic carbocycles. The molecular weight excluding hydrogens is 428 g/mol. The Morgan fingerprint density at radius 3 is 2.69 bits per heavy atom. The molecule has 1 unspecified atom stereocenters. The second-order valence-corrected chi connectivity index (χ2v) is 8.24. The summed E-state index contributed by atoms with van der Waals surface area (Å²) >= 11 is 6.21. The minimum atomic E-state index is -0.572. The summed E-state index contributed by atoms with van der Waals surface area (Å²) in [5, 5.41) is 16.1. The summed E-state index contributed by atoms with van der Waals surface area (Å²) in [4.78, 5) is 17.5. The fourth-order valence-corrected chi connectivity index (χ4v) is 3.85. The molecule has 0 saturated carbocycles. The summed E-state index contributed by atoms with van der Waals surface area (Å²) in [6.45, 7) is 13.8. The zero-order valence-electron chi connectivity index (χ0n) is 18.7. The standard InChI is InChI=1S/C24H29ClN4O3/c1-5-28(6-2)13-7-8-16(3)26-22-15-20(27-21-14-18(25)9-10-19(21)22)17(4)23-11-12-24(32-23)29(30)31/h9-12,14-16H,4-8,13H2,1-3H3,(H,26,27). The van der Waals surface area contributed by atoms with Crippen molar-refractivity contribution < 1.29 is 9.34 Å². The number of aromatic nitrogens is 1. The Morgan fingerprint density at radius 1 is 1.28 bits per heavy atom. The fraction of sp³-hybridized carbons (Fsp3) is 0.375. The molecule has 0 aliphatic carbocycles. The summed E-state index contributed by atoms with van der Waals surface area (Å²) in [6.07, 6.45) is 2.12. The highest BCUT2D eigenvalue weighted by Gasteiger charge is 2.17. The first-order valence-electron chi connectivity index (χ1n) is 10.8. The van der Waals surface area contributed by atoms with Gasteiger partial charge >= 0.3 is 5.88 Å². The van der Waals surface area contributed by atoms with Crippen LogP contribution in [0.1, 0.15) is 45.1 Å². The molecule has 7 nitrogen and oxygen atoms in total. The number of benzene rings is 1. The molecule has 0 aliphatic heterocycles. The number of fused-ring (bicyclic) bond motifs is 1. The van der Waals surface area contributed by atoms with Gasteiger partial charge in [0, 0.05) is 27.7 Å². The number of pyridine rings is 1. The molecular formula is C24H29ClN4O3. The van der Waals surface area contributed by atoms with Crippen LogP contribution in [0.25, 0.3) is 16.5 Å². The zero-order chi connectivity index (χ0) is 23.3. The number of anilines is 1. The van der Waals surface area contributed by atoms with Crippen LogP contribution in [0.3, 0.4) is 0 Å². The fourth-order valence-electron chi connectivity index (χ4n) is 3.69. The second kappa shape index (κ2) is 10.6. The van der Waals surface area contributed by atoms with Gasteiger partial charge < -0.3 is 14.6 Å². The van der Waals surface area contributed by atoms with Gasteiger partial charge in [0.05, 0.1) is 17.3 Å². The molecule has 2 heterocycles. The van der Waals surface area contributed by atoms with Crippen molar-refractivity contribution in [3.8, 4) is 0 Å². The molecule has 3 rings (SSSR count). The SMILES string of the molecule is C=C(c1cc(NC(C)CCCN(CC)CC)c2ccc(Cl)cc2n1)c1ccc([N+](=O)[O-])o1. The Bertz CT molecular complexity index is 1110. The van der Waals surface area contributed by atoms with E-state index in [9.17, 15) is 10.1 Å². The largest absolute Gasteiger partial charge is 0.433 e. The number of nitro groups is 1. The minimum Gasteiger partial charge on any atom is -0.401 e. The lowest BCUT2D eigenvalue weighted by Crippen LogP contribution is -2.25. The Labute approximate surface area is 193 Å². The number of halogens is 1. The van der Waals surface area contributed by atoms with Crippen LogP contribution >= 0.6 is 11.6 Å². The molecule has 3 aromatic rings. The third-order valence-electron chi connectivity index (χ3n) is 5.56. The molecule has 170 valence electrons. The quantitative estimate of drug-likeness (QED) is 0.266. The van der Waals surface area contributed by atoms with Gasteiger partial charge in [-0.15, -0.1) is 0 Å². The van der Waals surface area contributed by atoms with Gasteiger partial charge in [-0.3, -0.25) is 10.1 Å². The van der Waals surface area contributed by atoms with Crippen molar-refractivity contribution in [3.63, 3.8) is 0 Å². The van der Waals surface area contributed by atoms with E-state index in [4.69, 9.17) is 16.0 Å². The molecule has 0 bridgehead atoms. The summed E-state index contributed by atoms with van der Waals surface area (Å²) in [5.41, 5.74) is 2.67. The maximum absolute atomic E-state index is 11.0. The van der Waals surface area contributed by atoms with Crippen molar-refractivity contribution in [1.82, 2.24) is 9.88 Å². The van der Waals surface area contributed by atoms with E-state index in [1.807, 2.05) is 18.2 Å². The third kappa shape index (κ3) is 5.66. The lowest BCUT2D eigenvalue weighted by Gasteiger charge is -2.21. The Kier molecular flexibility index (Phi) is 7.88.